The van der Waals surface area contributed by atoms with Gasteiger partial charge in [-0.2, -0.15) is 0 Å². The number of anilines is 2. The van der Waals surface area contributed by atoms with Crippen molar-refractivity contribution in [3.05, 3.63) is 48.0 Å². The predicted octanol–water partition coefficient (Wildman–Crippen LogP) is 4.45. The number of hydrogen-bond acceptors (Lipinski definition) is 7. The molecule has 9 heteroatoms. The average molecular weight is 519 g/mol. The molecule has 8 nitrogen and oxygen atoms in total. The van der Waals surface area contributed by atoms with Crippen LogP contribution in [0.5, 0.6) is 0 Å². The lowest BCUT2D eigenvalue weighted by Crippen LogP contribution is -2.39. The standard InChI is InChI=1S/C16H25N3O2.C11H17N3.ClH/c1-13-12-17-7-6-14(13)18-8-5-9-19(11-10-18)15(20)21-16(2,3)4;1-10-9-13-5-3-11(10)14-7-2-4-12-6-8-14;/h6-7,12H,5,8-11H2,1-4H3;3,5,9,12H,2,4,6-8H2,1H3;1H. The van der Waals surface area contributed by atoms with Crippen LogP contribution in [0.25, 0.3) is 0 Å². The highest BCUT2D eigenvalue weighted by Crippen LogP contribution is 2.21. The quantitative estimate of drug-likeness (QED) is 0.629. The van der Waals surface area contributed by atoms with Crippen LogP contribution in [0.15, 0.2) is 36.9 Å². The maximum Gasteiger partial charge on any atom is 0.410 e. The third-order valence-corrected chi connectivity index (χ3v) is 6.15. The first kappa shape index (κ1) is 29.6. The van der Waals surface area contributed by atoms with Crippen LogP contribution in [0, 0.1) is 13.8 Å². The molecule has 0 aromatic carbocycles. The van der Waals surface area contributed by atoms with Crippen molar-refractivity contribution in [3.8, 4) is 0 Å². The minimum atomic E-state index is -0.440. The van der Waals surface area contributed by atoms with Crippen LogP contribution in [0.4, 0.5) is 16.2 Å². The monoisotopic (exact) mass is 518 g/mol. The summed E-state index contributed by atoms with van der Waals surface area (Å²) in [6.45, 7) is 17.6. The summed E-state index contributed by atoms with van der Waals surface area (Å²) in [5.74, 6) is 0. The number of nitrogens with zero attached hydrogens (tertiary/aromatic N) is 5. The molecule has 200 valence electrons. The molecule has 0 unspecified atom stereocenters. The zero-order chi connectivity index (χ0) is 25.3. The van der Waals surface area contributed by atoms with E-state index < -0.39 is 5.60 Å². The van der Waals surface area contributed by atoms with Crippen molar-refractivity contribution in [2.75, 3.05) is 62.2 Å². The van der Waals surface area contributed by atoms with Gasteiger partial charge >= 0.3 is 6.09 Å². The number of carbonyl (C=O) groups excluding carboxylic acids is 1. The van der Waals surface area contributed by atoms with Crippen LogP contribution in [-0.2, 0) is 4.74 Å². The number of amides is 1. The first-order chi connectivity index (χ1) is 16.7. The molecule has 2 aliphatic heterocycles. The average Bonchev–Trinajstić information content (AvgIpc) is 3.23. The molecule has 0 saturated carbocycles. The number of aryl methyl sites for hydroxylation is 2. The van der Waals surface area contributed by atoms with Crippen molar-refractivity contribution in [2.45, 2.75) is 53.1 Å². The molecule has 0 atom stereocenters. The van der Waals surface area contributed by atoms with E-state index in [2.05, 4.69) is 45.0 Å². The second-order valence-electron chi connectivity index (χ2n) is 10.2. The molecule has 2 aliphatic rings. The first-order valence-corrected chi connectivity index (χ1v) is 12.7. The number of pyridine rings is 2. The first-order valence-electron chi connectivity index (χ1n) is 12.7. The van der Waals surface area contributed by atoms with Crippen LogP contribution in [0.3, 0.4) is 0 Å². The van der Waals surface area contributed by atoms with Crippen LogP contribution in [0.2, 0.25) is 0 Å². The molecule has 36 heavy (non-hydrogen) atoms. The minimum Gasteiger partial charge on any atom is -0.444 e. The topological polar surface area (TPSA) is 73.8 Å². The maximum absolute atomic E-state index is 12.2. The molecular formula is C27H43ClN6O2. The van der Waals surface area contributed by atoms with E-state index in [0.717, 1.165) is 52.2 Å². The van der Waals surface area contributed by atoms with E-state index in [1.165, 1.54) is 28.9 Å². The highest BCUT2D eigenvalue weighted by Gasteiger charge is 2.24. The minimum absolute atomic E-state index is 0. The summed E-state index contributed by atoms with van der Waals surface area (Å²) >= 11 is 0. The number of aromatic nitrogens is 2. The van der Waals surface area contributed by atoms with Gasteiger partial charge in [-0.25, -0.2) is 4.79 Å². The van der Waals surface area contributed by atoms with Crippen molar-refractivity contribution in [2.24, 2.45) is 0 Å². The number of carbonyl (C=O) groups is 1. The second kappa shape index (κ2) is 14.2. The van der Waals surface area contributed by atoms with E-state index >= 15 is 0 Å². The molecule has 4 rings (SSSR count). The van der Waals surface area contributed by atoms with E-state index in [-0.39, 0.29) is 18.5 Å². The predicted molar refractivity (Wildman–Crippen MR) is 150 cm³/mol. The van der Waals surface area contributed by atoms with Gasteiger partial charge in [0.15, 0.2) is 0 Å². The van der Waals surface area contributed by atoms with Gasteiger partial charge in [-0.05, 0) is 77.3 Å². The number of rotatable bonds is 2. The molecule has 2 saturated heterocycles. The van der Waals surface area contributed by atoms with Crippen molar-refractivity contribution < 1.29 is 9.53 Å². The number of ether oxygens (including phenoxy) is 1. The molecule has 2 fully saturated rings. The Morgan fingerprint density at radius 3 is 2.00 bits per heavy atom. The Morgan fingerprint density at radius 2 is 1.42 bits per heavy atom. The summed E-state index contributed by atoms with van der Waals surface area (Å²) in [6.07, 6.45) is 9.47. The Hall–Kier alpha value is -2.58. The SMILES string of the molecule is Cc1cnccc1N1CCCN(C(=O)OC(C)(C)C)CC1.Cc1cnccc1N1CCCNCC1.Cl. The van der Waals surface area contributed by atoms with Crippen LogP contribution >= 0.6 is 12.4 Å². The Morgan fingerprint density at radius 1 is 0.833 bits per heavy atom. The molecule has 0 spiro atoms. The lowest BCUT2D eigenvalue weighted by molar-refractivity contribution is 0.0263. The van der Waals surface area contributed by atoms with E-state index in [1.54, 1.807) is 0 Å². The Kier molecular flexibility index (Phi) is 11.7. The molecule has 0 radical (unpaired) electrons. The molecule has 2 aromatic rings. The van der Waals surface area contributed by atoms with Crippen LogP contribution in [-0.4, -0.2) is 78.9 Å². The third-order valence-electron chi connectivity index (χ3n) is 6.15. The molecular weight excluding hydrogens is 476 g/mol. The summed E-state index contributed by atoms with van der Waals surface area (Å²) in [7, 11) is 0. The highest BCUT2D eigenvalue weighted by molar-refractivity contribution is 5.85. The molecule has 1 N–H and O–H groups in total. The lowest BCUT2D eigenvalue weighted by Gasteiger charge is -2.27. The van der Waals surface area contributed by atoms with E-state index in [0.29, 0.717) is 6.54 Å². The van der Waals surface area contributed by atoms with Crippen molar-refractivity contribution in [3.63, 3.8) is 0 Å². The van der Waals surface area contributed by atoms with Gasteiger partial charge in [-0.3, -0.25) is 9.97 Å². The summed E-state index contributed by atoms with van der Waals surface area (Å²) < 4.78 is 5.46. The van der Waals surface area contributed by atoms with Crippen molar-refractivity contribution in [1.82, 2.24) is 20.2 Å². The normalized spacial score (nSPS) is 16.6. The fourth-order valence-electron chi connectivity index (χ4n) is 4.40. The van der Waals surface area contributed by atoms with Gasteiger partial charge in [0.1, 0.15) is 5.60 Å². The summed E-state index contributed by atoms with van der Waals surface area (Å²) in [5.41, 5.74) is 4.54. The zero-order valence-electron chi connectivity index (χ0n) is 22.5. The number of halogens is 1. The lowest BCUT2D eigenvalue weighted by atomic mass is 10.2. The van der Waals surface area contributed by atoms with Crippen LogP contribution < -0.4 is 15.1 Å². The van der Waals surface area contributed by atoms with Gasteiger partial charge in [-0.15, -0.1) is 12.4 Å². The van der Waals surface area contributed by atoms with Gasteiger partial charge in [0.25, 0.3) is 0 Å². The van der Waals surface area contributed by atoms with E-state index in [4.69, 9.17) is 4.74 Å². The molecule has 2 aromatic heterocycles. The molecule has 1 amide bonds. The Bertz CT molecular complexity index is 944. The smallest absolute Gasteiger partial charge is 0.410 e. The summed E-state index contributed by atoms with van der Waals surface area (Å²) in [5, 5.41) is 3.41. The third kappa shape index (κ3) is 9.13. The van der Waals surface area contributed by atoms with Gasteiger partial charge in [-0.1, -0.05) is 0 Å². The van der Waals surface area contributed by atoms with Gasteiger partial charge in [0, 0.05) is 82.0 Å². The fourth-order valence-corrected chi connectivity index (χ4v) is 4.40. The van der Waals surface area contributed by atoms with Gasteiger partial charge in [0.05, 0.1) is 0 Å². The number of nitrogens with one attached hydrogen (secondary N) is 1. The fraction of sp³-hybridized carbons (Fsp3) is 0.593. The second-order valence-corrected chi connectivity index (χ2v) is 10.2. The van der Waals surface area contributed by atoms with Crippen molar-refractivity contribution in [1.29, 1.82) is 0 Å². The molecule has 4 heterocycles. The van der Waals surface area contributed by atoms with Gasteiger partial charge in [0.2, 0.25) is 0 Å². The largest absolute Gasteiger partial charge is 0.444 e. The zero-order valence-corrected chi connectivity index (χ0v) is 23.3. The Labute approximate surface area is 222 Å². The Balaban J connectivity index is 0.000000265. The highest BCUT2D eigenvalue weighted by atomic mass is 35.5. The van der Waals surface area contributed by atoms with E-state index in [9.17, 15) is 4.79 Å². The summed E-state index contributed by atoms with van der Waals surface area (Å²) in [4.78, 5) is 27.0. The molecule has 0 aliphatic carbocycles. The van der Waals surface area contributed by atoms with Crippen LogP contribution in [0.1, 0.15) is 44.7 Å². The van der Waals surface area contributed by atoms with Crippen molar-refractivity contribution >= 4 is 29.9 Å². The summed E-state index contributed by atoms with van der Waals surface area (Å²) in [6, 6.07) is 4.15. The molecule has 0 bridgehead atoms. The van der Waals surface area contributed by atoms with E-state index in [1.807, 2.05) is 56.5 Å². The van der Waals surface area contributed by atoms with Gasteiger partial charge < -0.3 is 24.8 Å². The maximum atomic E-state index is 12.2. The number of hydrogen-bond donors (Lipinski definition) is 1.